The van der Waals surface area contributed by atoms with Gasteiger partial charge in [-0.25, -0.2) is 0 Å². The molecular weight excluding hydrogens is 315 g/mol. The highest BCUT2D eigenvalue weighted by molar-refractivity contribution is 9.09. The summed E-state index contributed by atoms with van der Waals surface area (Å²) in [5.74, 6) is -0.633. The second-order valence-electron chi connectivity index (χ2n) is 3.40. The van der Waals surface area contributed by atoms with Gasteiger partial charge in [-0.15, -0.1) is 0 Å². The van der Waals surface area contributed by atoms with Crippen LogP contribution in [0.15, 0.2) is 18.2 Å². The van der Waals surface area contributed by atoms with Gasteiger partial charge in [-0.1, -0.05) is 15.9 Å². The topological polar surface area (TPSA) is 38.3 Å². The van der Waals surface area contributed by atoms with E-state index in [2.05, 4.69) is 26.0 Å². The van der Waals surface area contributed by atoms with Crippen LogP contribution in [-0.2, 0) is 11.0 Å². The van der Waals surface area contributed by atoms with E-state index in [-0.39, 0.29) is 23.8 Å². The van der Waals surface area contributed by atoms with Gasteiger partial charge in [0.25, 0.3) is 0 Å². The van der Waals surface area contributed by atoms with Gasteiger partial charge in [-0.05, 0) is 18.2 Å². The summed E-state index contributed by atoms with van der Waals surface area (Å²) in [6.45, 7) is 0. The van der Waals surface area contributed by atoms with E-state index >= 15 is 0 Å². The lowest BCUT2D eigenvalue weighted by Gasteiger charge is -2.13. The highest BCUT2D eigenvalue weighted by Crippen LogP contribution is 2.37. The Hall–Kier alpha value is -1.24. The van der Waals surface area contributed by atoms with E-state index in [1.807, 2.05) is 0 Å². The summed E-state index contributed by atoms with van der Waals surface area (Å²) in [6, 6.07) is 3.39. The zero-order valence-electron chi connectivity index (χ0n) is 9.47. The normalized spacial score (nSPS) is 11.2. The van der Waals surface area contributed by atoms with Gasteiger partial charge in [0.2, 0.25) is 5.91 Å². The third-order valence-corrected chi connectivity index (χ3v) is 2.51. The standard InChI is InChI=1S/C11H11BrF3NO2/c1-18-9-3-2-7(16-10(17)4-5-12)6-8(9)11(13,14)15/h2-3,6H,4-5H2,1H3,(H,16,17). The lowest BCUT2D eigenvalue weighted by atomic mass is 10.1. The van der Waals surface area contributed by atoms with Crippen LogP contribution in [-0.4, -0.2) is 18.3 Å². The SMILES string of the molecule is COc1ccc(NC(=O)CCBr)cc1C(F)(F)F. The van der Waals surface area contributed by atoms with E-state index in [1.54, 1.807) is 0 Å². The Labute approximate surface area is 110 Å². The Morgan fingerprint density at radius 2 is 2.11 bits per heavy atom. The van der Waals surface area contributed by atoms with Crippen molar-refractivity contribution in [3.8, 4) is 5.75 Å². The lowest BCUT2D eigenvalue weighted by Crippen LogP contribution is -2.13. The van der Waals surface area contributed by atoms with Gasteiger partial charge in [-0.2, -0.15) is 13.2 Å². The van der Waals surface area contributed by atoms with Gasteiger partial charge in [0.05, 0.1) is 12.7 Å². The van der Waals surface area contributed by atoms with E-state index in [4.69, 9.17) is 0 Å². The van der Waals surface area contributed by atoms with Crippen LogP contribution in [0.4, 0.5) is 18.9 Å². The Morgan fingerprint density at radius 1 is 1.44 bits per heavy atom. The molecule has 0 spiro atoms. The number of carbonyl (C=O) groups excluding carboxylic acids is 1. The van der Waals surface area contributed by atoms with Crippen molar-refractivity contribution < 1.29 is 22.7 Å². The molecule has 0 radical (unpaired) electrons. The number of carbonyl (C=O) groups is 1. The van der Waals surface area contributed by atoms with Crippen LogP contribution in [0.3, 0.4) is 0 Å². The summed E-state index contributed by atoms with van der Waals surface area (Å²) in [5.41, 5.74) is -0.823. The monoisotopic (exact) mass is 325 g/mol. The zero-order chi connectivity index (χ0) is 13.8. The van der Waals surface area contributed by atoms with E-state index in [0.29, 0.717) is 5.33 Å². The van der Waals surface area contributed by atoms with Crippen molar-refractivity contribution in [1.82, 2.24) is 0 Å². The van der Waals surface area contributed by atoms with Gasteiger partial charge in [0.15, 0.2) is 0 Å². The third-order valence-electron chi connectivity index (χ3n) is 2.11. The molecule has 1 N–H and O–H groups in total. The molecule has 7 heteroatoms. The first kappa shape index (κ1) is 14.8. The highest BCUT2D eigenvalue weighted by atomic mass is 79.9. The van der Waals surface area contributed by atoms with E-state index < -0.39 is 11.7 Å². The summed E-state index contributed by atoms with van der Waals surface area (Å²) in [7, 11) is 1.16. The Kier molecular flexibility index (Phi) is 5.01. The molecule has 0 aliphatic carbocycles. The molecule has 1 aromatic rings. The Morgan fingerprint density at radius 3 is 2.61 bits per heavy atom. The van der Waals surface area contributed by atoms with Crippen LogP contribution in [0.1, 0.15) is 12.0 Å². The van der Waals surface area contributed by atoms with Crippen molar-refractivity contribution >= 4 is 27.5 Å². The van der Waals surface area contributed by atoms with Gasteiger partial charge >= 0.3 is 6.18 Å². The second kappa shape index (κ2) is 6.08. The van der Waals surface area contributed by atoms with Crippen LogP contribution < -0.4 is 10.1 Å². The molecule has 0 saturated carbocycles. The summed E-state index contributed by atoms with van der Waals surface area (Å²) in [6.07, 6.45) is -4.34. The van der Waals surface area contributed by atoms with Crippen molar-refractivity contribution in [3.63, 3.8) is 0 Å². The van der Waals surface area contributed by atoms with Gasteiger partial charge in [0, 0.05) is 17.4 Å². The van der Waals surface area contributed by atoms with Gasteiger partial charge < -0.3 is 10.1 Å². The molecular formula is C11H11BrF3NO2. The molecule has 0 atom stereocenters. The van der Waals surface area contributed by atoms with Crippen molar-refractivity contribution in [2.24, 2.45) is 0 Å². The molecule has 0 bridgehead atoms. The first-order valence-electron chi connectivity index (χ1n) is 4.99. The highest BCUT2D eigenvalue weighted by Gasteiger charge is 2.34. The molecule has 3 nitrogen and oxygen atoms in total. The minimum atomic E-state index is -4.53. The number of rotatable bonds is 4. The van der Waals surface area contributed by atoms with Crippen LogP contribution in [0.2, 0.25) is 0 Å². The number of anilines is 1. The number of benzene rings is 1. The van der Waals surface area contributed by atoms with E-state index in [9.17, 15) is 18.0 Å². The quantitative estimate of drug-likeness (QED) is 0.861. The molecule has 0 saturated heterocycles. The van der Waals surface area contributed by atoms with Crippen LogP contribution >= 0.6 is 15.9 Å². The predicted molar refractivity (Wildman–Crippen MR) is 65.0 cm³/mol. The van der Waals surface area contributed by atoms with Crippen LogP contribution in [0, 0.1) is 0 Å². The van der Waals surface area contributed by atoms with E-state index in [1.165, 1.54) is 12.1 Å². The fourth-order valence-electron chi connectivity index (χ4n) is 1.32. The predicted octanol–water partition coefficient (Wildman–Crippen LogP) is 3.44. The number of amides is 1. The molecule has 0 unspecified atom stereocenters. The smallest absolute Gasteiger partial charge is 0.420 e. The summed E-state index contributed by atoms with van der Waals surface area (Å²) in [4.78, 5) is 11.3. The number of halogens is 4. The maximum Gasteiger partial charge on any atom is 0.420 e. The fraction of sp³-hybridized carbons (Fsp3) is 0.364. The van der Waals surface area contributed by atoms with Gasteiger partial charge in [0.1, 0.15) is 5.75 Å². The molecule has 0 aliphatic rings. The summed E-state index contributed by atoms with van der Waals surface area (Å²) in [5, 5.41) is 2.83. The molecule has 0 aromatic heterocycles. The van der Waals surface area contributed by atoms with Crippen LogP contribution in [0.25, 0.3) is 0 Å². The molecule has 0 fully saturated rings. The lowest BCUT2D eigenvalue weighted by molar-refractivity contribution is -0.138. The largest absolute Gasteiger partial charge is 0.496 e. The number of hydrogen-bond acceptors (Lipinski definition) is 2. The van der Waals surface area contributed by atoms with Crippen LogP contribution in [0.5, 0.6) is 5.75 Å². The molecule has 100 valence electrons. The molecule has 1 aromatic carbocycles. The summed E-state index contributed by atoms with van der Waals surface area (Å²) < 4.78 is 42.7. The summed E-state index contributed by atoms with van der Waals surface area (Å²) >= 11 is 3.07. The Balaban J connectivity index is 3.00. The number of hydrogen-bond donors (Lipinski definition) is 1. The molecule has 1 rings (SSSR count). The van der Waals surface area contributed by atoms with Crippen molar-refractivity contribution in [2.45, 2.75) is 12.6 Å². The number of nitrogens with one attached hydrogen (secondary N) is 1. The zero-order valence-corrected chi connectivity index (χ0v) is 11.1. The third kappa shape index (κ3) is 3.90. The van der Waals surface area contributed by atoms with E-state index in [0.717, 1.165) is 13.2 Å². The average Bonchev–Trinajstić information content (AvgIpc) is 2.28. The van der Waals surface area contributed by atoms with Gasteiger partial charge in [-0.3, -0.25) is 4.79 Å². The number of alkyl halides is 4. The molecule has 0 aliphatic heterocycles. The average molecular weight is 326 g/mol. The maximum atomic E-state index is 12.7. The fourth-order valence-corrected chi connectivity index (χ4v) is 1.68. The van der Waals surface area contributed by atoms with Crippen molar-refractivity contribution in [2.75, 3.05) is 17.8 Å². The minimum Gasteiger partial charge on any atom is -0.496 e. The number of methoxy groups -OCH3 is 1. The first-order chi connectivity index (χ1) is 8.38. The van der Waals surface area contributed by atoms with Crippen molar-refractivity contribution in [1.29, 1.82) is 0 Å². The second-order valence-corrected chi connectivity index (χ2v) is 4.19. The molecule has 1 amide bonds. The van der Waals surface area contributed by atoms with Crippen molar-refractivity contribution in [3.05, 3.63) is 23.8 Å². The molecule has 0 heterocycles. The number of ether oxygens (including phenoxy) is 1. The molecule has 18 heavy (non-hydrogen) atoms. The minimum absolute atomic E-state index is 0.0917. The first-order valence-corrected chi connectivity index (χ1v) is 6.11. The Bertz CT molecular complexity index is 435. The maximum absolute atomic E-state index is 12.7.